The first kappa shape index (κ1) is 60.5. The van der Waals surface area contributed by atoms with E-state index in [-0.39, 0.29) is 44.0 Å². The van der Waals surface area contributed by atoms with Gasteiger partial charge in [-0.15, -0.1) is 0 Å². The highest BCUT2D eigenvalue weighted by molar-refractivity contribution is 5.71. The molecular weight excluding hydrogens is 805 g/mol. The van der Waals surface area contributed by atoms with Crippen LogP contribution in [0.5, 0.6) is 0 Å². The standard InChI is InChI=1S/C59H92O6/c1-4-7-10-13-16-19-22-25-28-29-32-34-37-40-43-46-49-52-58(61)64-55-56(65-59(62)53-50-47-44-41-38-35-31-27-24-21-18-15-12-9-6-3)54-63-57(60)51-48-45-42-39-36-33-30-26-23-20-17-14-11-8-5-2/h7-12,16-21,25-28,30-31,36,38-39,41,56H,4-6,13-15,22-24,29,32-35,37,40,42-55H2,1-3H3/b10-7-,11-8-,12-9-,19-16-,20-17-,21-18-,28-25-,30-26-,31-27-,39-36-,41-38-. The van der Waals surface area contributed by atoms with E-state index in [1.54, 1.807) is 0 Å². The Morgan fingerprint density at radius 2 is 0.554 bits per heavy atom. The predicted molar refractivity (Wildman–Crippen MR) is 279 cm³/mol. The van der Waals surface area contributed by atoms with Gasteiger partial charge >= 0.3 is 17.9 Å². The molecule has 0 aliphatic rings. The summed E-state index contributed by atoms with van der Waals surface area (Å²) in [5.41, 5.74) is 0. The topological polar surface area (TPSA) is 78.9 Å². The van der Waals surface area contributed by atoms with Crippen molar-refractivity contribution in [2.24, 2.45) is 0 Å². The van der Waals surface area contributed by atoms with Gasteiger partial charge in [-0.2, -0.15) is 0 Å². The highest BCUT2D eigenvalue weighted by Crippen LogP contribution is 2.12. The highest BCUT2D eigenvalue weighted by Gasteiger charge is 2.19. The Bertz CT molecular complexity index is 1450. The monoisotopic (exact) mass is 897 g/mol. The molecule has 0 amide bonds. The minimum Gasteiger partial charge on any atom is -0.462 e. The van der Waals surface area contributed by atoms with Crippen molar-refractivity contribution < 1.29 is 28.6 Å². The van der Waals surface area contributed by atoms with E-state index >= 15 is 0 Å². The molecule has 0 saturated heterocycles. The first-order valence-electron chi connectivity index (χ1n) is 25.7. The van der Waals surface area contributed by atoms with Gasteiger partial charge in [0.1, 0.15) is 13.2 Å². The predicted octanol–water partition coefficient (Wildman–Crippen LogP) is 17.1. The smallest absolute Gasteiger partial charge is 0.306 e. The summed E-state index contributed by atoms with van der Waals surface area (Å²) in [5.74, 6) is -1.02. The largest absolute Gasteiger partial charge is 0.462 e. The lowest BCUT2D eigenvalue weighted by Crippen LogP contribution is -2.30. The van der Waals surface area contributed by atoms with E-state index in [1.807, 2.05) is 0 Å². The van der Waals surface area contributed by atoms with Gasteiger partial charge in [0.25, 0.3) is 0 Å². The zero-order chi connectivity index (χ0) is 47.2. The molecule has 0 rings (SSSR count). The van der Waals surface area contributed by atoms with Crippen LogP contribution in [0.3, 0.4) is 0 Å². The second-order valence-corrected chi connectivity index (χ2v) is 16.3. The summed E-state index contributed by atoms with van der Waals surface area (Å²) in [4.78, 5) is 38.0. The van der Waals surface area contributed by atoms with Crippen LogP contribution in [-0.4, -0.2) is 37.2 Å². The van der Waals surface area contributed by atoms with E-state index in [4.69, 9.17) is 14.2 Å². The summed E-state index contributed by atoms with van der Waals surface area (Å²) < 4.78 is 16.7. The van der Waals surface area contributed by atoms with Crippen molar-refractivity contribution in [1.82, 2.24) is 0 Å². The lowest BCUT2D eigenvalue weighted by molar-refractivity contribution is -0.167. The van der Waals surface area contributed by atoms with E-state index < -0.39 is 6.10 Å². The molecule has 0 aliphatic heterocycles. The minimum atomic E-state index is -0.826. The minimum absolute atomic E-state index is 0.118. The molecule has 6 heteroatoms. The quantitative estimate of drug-likeness (QED) is 0.0262. The second-order valence-electron chi connectivity index (χ2n) is 16.3. The van der Waals surface area contributed by atoms with Crippen molar-refractivity contribution in [2.75, 3.05) is 13.2 Å². The van der Waals surface area contributed by atoms with Gasteiger partial charge in [-0.25, -0.2) is 0 Å². The number of unbranched alkanes of at least 4 members (excludes halogenated alkanes) is 11. The highest BCUT2D eigenvalue weighted by atomic mass is 16.6. The van der Waals surface area contributed by atoms with Gasteiger partial charge in [0.15, 0.2) is 6.10 Å². The zero-order valence-electron chi connectivity index (χ0n) is 41.4. The molecule has 364 valence electrons. The molecular formula is C59H92O6. The molecule has 1 atom stereocenters. The first-order chi connectivity index (χ1) is 32.0. The molecule has 0 fully saturated rings. The van der Waals surface area contributed by atoms with Crippen LogP contribution >= 0.6 is 0 Å². The molecule has 0 saturated carbocycles. The van der Waals surface area contributed by atoms with Crippen molar-refractivity contribution in [3.63, 3.8) is 0 Å². The van der Waals surface area contributed by atoms with Gasteiger partial charge < -0.3 is 14.2 Å². The van der Waals surface area contributed by atoms with Crippen LogP contribution in [0.25, 0.3) is 0 Å². The molecule has 0 aromatic heterocycles. The van der Waals surface area contributed by atoms with Crippen molar-refractivity contribution in [1.29, 1.82) is 0 Å². The normalized spacial score (nSPS) is 13.2. The molecule has 0 aromatic rings. The van der Waals surface area contributed by atoms with E-state index in [0.29, 0.717) is 19.3 Å². The lowest BCUT2D eigenvalue weighted by Gasteiger charge is -2.18. The third-order valence-electron chi connectivity index (χ3n) is 10.1. The number of allylic oxidation sites excluding steroid dienone is 22. The fraction of sp³-hybridized carbons (Fsp3) is 0.576. The molecule has 0 radical (unpaired) electrons. The van der Waals surface area contributed by atoms with Gasteiger partial charge in [0.2, 0.25) is 0 Å². The maximum Gasteiger partial charge on any atom is 0.306 e. The van der Waals surface area contributed by atoms with Crippen molar-refractivity contribution >= 4 is 17.9 Å². The lowest BCUT2D eigenvalue weighted by atomic mass is 10.1. The summed E-state index contributed by atoms with van der Waals surface area (Å²) in [6.07, 6.45) is 72.9. The van der Waals surface area contributed by atoms with E-state index in [9.17, 15) is 14.4 Å². The van der Waals surface area contributed by atoms with Crippen molar-refractivity contribution in [3.05, 3.63) is 134 Å². The SMILES string of the molecule is CC/C=C\C/C=C\C/C=C\C/C=C\CCCCC(=O)OCC(COC(=O)CCCCCCCCC/C=C\C/C=C\C/C=C\CC)OC(=O)CCCC/C=C\C/C=C\C/C=C\C/C=C\CC. The number of hydrogen-bond donors (Lipinski definition) is 0. The number of ether oxygens (including phenoxy) is 3. The van der Waals surface area contributed by atoms with E-state index in [2.05, 4.69) is 154 Å². The van der Waals surface area contributed by atoms with Crippen LogP contribution in [-0.2, 0) is 28.6 Å². The maximum atomic E-state index is 12.8. The first-order valence-corrected chi connectivity index (χ1v) is 25.7. The average molecular weight is 897 g/mol. The number of hydrogen-bond acceptors (Lipinski definition) is 6. The molecule has 0 aliphatic carbocycles. The Labute approximate surface area is 398 Å². The zero-order valence-corrected chi connectivity index (χ0v) is 41.4. The maximum absolute atomic E-state index is 12.8. The van der Waals surface area contributed by atoms with Crippen LogP contribution in [0, 0.1) is 0 Å². The van der Waals surface area contributed by atoms with Gasteiger partial charge in [-0.1, -0.05) is 187 Å². The fourth-order valence-electron chi connectivity index (χ4n) is 6.38. The van der Waals surface area contributed by atoms with Gasteiger partial charge in [-0.3, -0.25) is 14.4 Å². The van der Waals surface area contributed by atoms with Crippen LogP contribution in [0.2, 0.25) is 0 Å². The molecule has 6 nitrogen and oxygen atoms in total. The summed E-state index contributed by atoms with van der Waals surface area (Å²) in [5, 5.41) is 0. The van der Waals surface area contributed by atoms with Gasteiger partial charge in [0.05, 0.1) is 0 Å². The molecule has 1 unspecified atom stereocenters. The van der Waals surface area contributed by atoms with Crippen molar-refractivity contribution in [3.8, 4) is 0 Å². The van der Waals surface area contributed by atoms with Crippen LogP contribution < -0.4 is 0 Å². The molecule has 0 N–H and O–H groups in total. The molecule has 0 spiro atoms. The number of esters is 3. The Morgan fingerprint density at radius 1 is 0.308 bits per heavy atom. The average Bonchev–Trinajstić information content (AvgIpc) is 3.30. The van der Waals surface area contributed by atoms with Gasteiger partial charge in [-0.05, 0) is 128 Å². The van der Waals surface area contributed by atoms with Crippen molar-refractivity contribution in [2.45, 2.75) is 207 Å². The van der Waals surface area contributed by atoms with Crippen LogP contribution in [0.1, 0.15) is 201 Å². The molecule has 0 aromatic carbocycles. The summed E-state index contributed by atoms with van der Waals surface area (Å²) in [6.45, 7) is 6.19. The molecule has 0 heterocycles. The van der Waals surface area contributed by atoms with E-state index in [1.165, 1.54) is 25.7 Å². The number of rotatable bonds is 44. The third kappa shape index (κ3) is 50.4. The Kier molecular flexibility index (Phi) is 48.6. The van der Waals surface area contributed by atoms with Crippen LogP contribution in [0.15, 0.2) is 134 Å². The fourth-order valence-corrected chi connectivity index (χ4v) is 6.38. The third-order valence-corrected chi connectivity index (χ3v) is 10.1. The summed E-state index contributed by atoms with van der Waals surface area (Å²) in [6, 6.07) is 0. The van der Waals surface area contributed by atoms with Crippen LogP contribution in [0.4, 0.5) is 0 Å². The Morgan fingerprint density at radius 3 is 0.892 bits per heavy atom. The Hall–Kier alpha value is -4.45. The van der Waals surface area contributed by atoms with E-state index in [0.717, 1.165) is 122 Å². The Balaban J connectivity index is 4.56. The summed E-state index contributed by atoms with van der Waals surface area (Å²) >= 11 is 0. The summed E-state index contributed by atoms with van der Waals surface area (Å²) in [7, 11) is 0. The molecule has 0 bridgehead atoms. The number of carbonyl (C=O) groups is 3. The van der Waals surface area contributed by atoms with Gasteiger partial charge in [0, 0.05) is 19.3 Å². The molecule has 65 heavy (non-hydrogen) atoms. The second kappa shape index (κ2) is 52.2. The number of carbonyl (C=O) groups excluding carboxylic acids is 3.